The SMILES string of the molecule is c1ccc2c(-c3cc(-n4c5ccccc5c5ccc6c(ccc7ccc8sc9ccccc9c8c76)c54)nc4ccccc34)cccc2c1. The van der Waals surface area contributed by atoms with Crippen molar-refractivity contribution in [1.29, 1.82) is 0 Å². The first-order valence-corrected chi connectivity index (χ1v) is 17.2. The lowest BCUT2D eigenvalue weighted by Crippen LogP contribution is -2.00. The number of thiophene rings is 1. The first-order chi connectivity index (χ1) is 23.8. The molecule has 2 nitrogen and oxygen atoms in total. The van der Waals surface area contributed by atoms with Crippen LogP contribution < -0.4 is 0 Å². The highest BCUT2D eigenvalue weighted by atomic mass is 32.1. The number of fused-ring (bicyclic) bond motifs is 13. The number of rotatable bonds is 2. The maximum absolute atomic E-state index is 5.40. The van der Waals surface area contributed by atoms with E-state index in [1.165, 1.54) is 79.9 Å². The van der Waals surface area contributed by atoms with Gasteiger partial charge in [0.1, 0.15) is 5.82 Å². The molecule has 0 aliphatic rings. The van der Waals surface area contributed by atoms with E-state index in [1.54, 1.807) is 0 Å². The van der Waals surface area contributed by atoms with Gasteiger partial charge < -0.3 is 0 Å². The number of benzene rings is 8. The zero-order valence-corrected chi connectivity index (χ0v) is 26.6. The quantitative estimate of drug-likeness (QED) is 0.175. The average Bonchev–Trinajstić information content (AvgIpc) is 3.70. The van der Waals surface area contributed by atoms with Gasteiger partial charge in [-0.3, -0.25) is 4.57 Å². The highest BCUT2D eigenvalue weighted by Gasteiger charge is 2.20. The number of aromatic nitrogens is 2. The van der Waals surface area contributed by atoms with Crippen molar-refractivity contribution in [2.24, 2.45) is 0 Å². The summed E-state index contributed by atoms with van der Waals surface area (Å²) >= 11 is 1.88. The van der Waals surface area contributed by atoms with Gasteiger partial charge in [0.25, 0.3) is 0 Å². The van der Waals surface area contributed by atoms with E-state index in [1.807, 2.05) is 11.3 Å². The second-order valence-corrected chi connectivity index (χ2v) is 13.8. The molecule has 0 aliphatic heterocycles. The van der Waals surface area contributed by atoms with Crippen LogP contribution in [-0.4, -0.2) is 9.55 Å². The summed E-state index contributed by atoms with van der Waals surface area (Å²) < 4.78 is 5.06. The molecule has 3 heteroatoms. The lowest BCUT2D eigenvalue weighted by molar-refractivity contribution is 1.11. The van der Waals surface area contributed by atoms with Gasteiger partial charge in [-0.2, -0.15) is 0 Å². The molecular weight excluding hydrogens is 601 g/mol. The maximum atomic E-state index is 5.40. The van der Waals surface area contributed by atoms with Crippen LogP contribution in [0.3, 0.4) is 0 Å². The fraction of sp³-hybridized carbons (Fsp3) is 0. The molecule has 0 aliphatic carbocycles. The van der Waals surface area contributed by atoms with Gasteiger partial charge in [-0.1, -0.05) is 127 Å². The summed E-state index contributed by atoms with van der Waals surface area (Å²) in [6.07, 6.45) is 0. The summed E-state index contributed by atoms with van der Waals surface area (Å²) in [7, 11) is 0. The second-order valence-electron chi connectivity index (χ2n) is 12.7. The standard InChI is InChI=1S/C45H26N2S/c1-2-12-29-27(10-1)11-9-16-30(29)37-26-42(46-38-17-6-3-13-31(37)38)47-39-18-7-4-14-32(39)34-24-23-33-35(45(34)47)22-20-28-21-25-41-44(43(28)33)36-15-5-8-19-40(36)48-41/h1-26H. The largest absolute Gasteiger partial charge is 0.293 e. The van der Waals surface area contributed by atoms with Crippen LogP contribution in [0.2, 0.25) is 0 Å². The Morgan fingerprint density at radius 2 is 1.10 bits per heavy atom. The first-order valence-electron chi connectivity index (χ1n) is 16.4. The minimum atomic E-state index is 0.926. The smallest absolute Gasteiger partial charge is 0.138 e. The monoisotopic (exact) mass is 626 g/mol. The van der Waals surface area contributed by atoms with E-state index in [9.17, 15) is 0 Å². The van der Waals surface area contributed by atoms with Crippen molar-refractivity contribution < 1.29 is 0 Å². The van der Waals surface area contributed by atoms with Gasteiger partial charge in [0.15, 0.2) is 0 Å². The predicted octanol–water partition coefficient (Wildman–Crippen LogP) is 12.8. The minimum Gasteiger partial charge on any atom is -0.293 e. The van der Waals surface area contributed by atoms with Crippen molar-refractivity contribution in [3.05, 3.63) is 158 Å². The fourth-order valence-corrected chi connectivity index (χ4v) is 9.22. The summed E-state index contributed by atoms with van der Waals surface area (Å²) in [6, 6.07) is 57.6. The Hall–Kier alpha value is -6.03. The lowest BCUT2D eigenvalue weighted by atomic mass is 9.95. The van der Waals surface area contributed by atoms with E-state index in [0.29, 0.717) is 0 Å². The average molecular weight is 627 g/mol. The van der Waals surface area contributed by atoms with Crippen LogP contribution in [0.15, 0.2) is 158 Å². The van der Waals surface area contributed by atoms with Crippen molar-refractivity contribution in [3.8, 4) is 16.9 Å². The molecule has 0 spiro atoms. The van der Waals surface area contributed by atoms with Gasteiger partial charge in [-0.05, 0) is 68.4 Å². The van der Waals surface area contributed by atoms with Crippen molar-refractivity contribution in [2.45, 2.75) is 0 Å². The van der Waals surface area contributed by atoms with Crippen LogP contribution in [0, 0.1) is 0 Å². The summed E-state index contributed by atoms with van der Waals surface area (Å²) in [4.78, 5) is 5.40. The minimum absolute atomic E-state index is 0.926. The Morgan fingerprint density at radius 3 is 2.04 bits per heavy atom. The van der Waals surface area contributed by atoms with E-state index in [-0.39, 0.29) is 0 Å². The summed E-state index contributed by atoms with van der Waals surface area (Å²) in [5.74, 6) is 0.926. The Bertz CT molecular complexity index is 3120. The molecule has 0 saturated carbocycles. The molecule has 11 rings (SSSR count). The summed E-state index contributed by atoms with van der Waals surface area (Å²) in [6.45, 7) is 0. The van der Waals surface area contributed by atoms with E-state index in [4.69, 9.17) is 4.98 Å². The number of nitrogens with zero attached hydrogens (tertiary/aromatic N) is 2. The molecular formula is C45H26N2S. The lowest BCUT2D eigenvalue weighted by Gasteiger charge is -2.15. The molecule has 48 heavy (non-hydrogen) atoms. The fourth-order valence-electron chi connectivity index (χ4n) is 8.10. The third kappa shape index (κ3) is 3.54. The third-order valence-corrected chi connectivity index (χ3v) is 11.3. The van der Waals surface area contributed by atoms with Crippen molar-refractivity contribution in [3.63, 3.8) is 0 Å². The summed E-state index contributed by atoms with van der Waals surface area (Å²) in [5.41, 5.74) is 5.75. The van der Waals surface area contributed by atoms with Crippen LogP contribution >= 0.6 is 11.3 Å². The van der Waals surface area contributed by atoms with Crippen LogP contribution in [-0.2, 0) is 0 Å². The maximum Gasteiger partial charge on any atom is 0.138 e. The van der Waals surface area contributed by atoms with Crippen molar-refractivity contribution in [1.82, 2.24) is 9.55 Å². The van der Waals surface area contributed by atoms with E-state index < -0.39 is 0 Å². The highest BCUT2D eigenvalue weighted by molar-refractivity contribution is 7.26. The van der Waals surface area contributed by atoms with Crippen LogP contribution in [0.4, 0.5) is 0 Å². The van der Waals surface area contributed by atoms with Gasteiger partial charge in [0.05, 0.1) is 16.6 Å². The van der Waals surface area contributed by atoms with Gasteiger partial charge in [-0.15, -0.1) is 11.3 Å². The molecule has 0 unspecified atom stereocenters. The Labute approximate surface area is 279 Å². The topological polar surface area (TPSA) is 17.8 Å². The number of hydrogen-bond donors (Lipinski definition) is 0. The summed E-state index contributed by atoms with van der Waals surface area (Å²) in [5, 5.41) is 13.9. The highest BCUT2D eigenvalue weighted by Crippen LogP contribution is 2.44. The molecule has 0 N–H and O–H groups in total. The molecule has 3 aromatic heterocycles. The third-order valence-electron chi connectivity index (χ3n) is 10.2. The van der Waals surface area contributed by atoms with E-state index in [2.05, 4.69) is 162 Å². The van der Waals surface area contributed by atoms with Gasteiger partial charge in [0.2, 0.25) is 0 Å². The predicted molar refractivity (Wildman–Crippen MR) is 207 cm³/mol. The molecule has 0 atom stereocenters. The van der Waals surface area contributed by atoms with Crippen LogP contribution in [0.1, 0.15) is 0 Å². The Kier molecular flexibility index (Phi) is 5.29. The van der Waals surface area contributed by atoms with E-state index in [0.717, 1.165) is 22.2 Å². The normalized spacial score (nSPS) is 12.2. The number of para-hydroxylation sites is 2. The molecule has 0 bridgehead atoms. The molecule has 0 amide bonds. The molecule has 0 saturated heterocycles. The Balaban J connectivity index is 1.31. The second kappa shape index (κ2) is 9.74. The molecule has 8 aromatic carbocycles. The molecule has 0 radical (unpaired) electrons. The van der Waals surface area contributed by atoms with Gasteiger partial charge in [0, 0.05) is 41.7 Å². The number of hydrogen-bond acceptors (Lipinski definition) is 2. The first kappa shape index (κ1) is 26.1. The zero-order valence-electron chi connectivity index (χ0n) is 25.8. The number of pyridine rings is 1. The molecule has 3 heterocycles. The van der Waals surface area contributed by atoms with Gasteiger partial charge >= 0.3 is 0 Å². The molecule has 11 aromatic rings. The van der Waals surface area contributed by atoms with E-state index >= 15 is 0 Å². The molecule has 222 valence electrons. The zero-order chi connectivity index (χ0) is 31.3. The van der Waals surface area contributed by atoms with Crippen molar-refractivity contribution >= 4 is 96.5 Å². The molecule has 0 fully saturated rings. The van der Waals surface area contributed by atoms with Gasteiger partial charge in [-0.25, -0.2) is 4.98 Å². The van der Waals surface area contributed by atoms with Crippen molar-refractivity contribution in [2.75, 3.05) is 0 Å². The van der Waals surface area contributed by atoms with Crippen LogP contribution in [0.5, 0.6) is 0 Å². The Morgan fingerprint density at radius 1 is 0.417 bits per heavy atom. The van der Waals surface area contributed by atoms with Crippen LogP contribution in [0.25, 0.3) is 102 Å².